The van der Waals surface area contributed by atoms with E-state index in [0.29, 0.717) is 12.8 Å². The second-order valence-electron chi connectivity index (χ2n) is 6.02. The molecule has 11 heteroatoms. The number of nitro benzene ring substituents is 1. The van der Waals surface area contributed by atoms with E-state index in [9.17, 15) is 23.3 Å². The van der Waals surface area contributed by atoms with Crippen molar-refractivity contribution in [3.05, 3.63) is 50.8 Å². The number of benzene rings is 1. The highest BCUT2D eigenvalue weighted by atomic mass is 35.5. The molecule has 8 nitrogen and oxygen atoms in total. The van der Waals surface area contributed by atoms with Gasteiger partial charge in [-0.2, -0.15) is 4.31 Å². The summed E-state index contributed by atoms with van der Waals surface area (Å²) in [7, 11) is -3.52. The van der Waals surface area contributed by atoms with E-state index < -0.39 is 20.9 Å². The van der Waals surface area contributed by atoms with E-state index in [1.165, 1.54) is 22.5 Å². The number of nitro groups is 1. The van der Waals surface area contributed by atoms with Crippen LogP contribution in [0, 0.1) is 16.0 Å². The van der Waals surface area contributed by atoms with Crippen molar-refractivity contribution in [2.75, 3.05) is 18.4 Å². The van der Waals surface area contributed by atoms with Gasteiger partial charge in [0, 0.05) is 31.1 Å². The topological polar surface area (TPSA) is 110 Å². The summed E-state index contributed by atoms with van der Waals surface area (Å²) < 4.78 is 26.7. The Bertz CT molecular complexity index is 954. The molecule has 1 amide bonds. The Balaban J connectivity index is 1.64. The summed E-state index contributed by atoms with van der Waals surface area (Å²) >= 11 is 7.16. The summed E-state index contributed by atoms with van der Waals surface area (Å²) in [6.07, 6.45) is 0.728. The Kier molecular flexibility index (Phi) is 5.80. The van der Waals surface area contributed by atoms with Crippen molar-refractivity contribution in [2.24, 2.45) is 5.92 Å². The quantitative estimate of drug-likeness (QED) is 0.578. The molecule has 0 atom stereocenters. The van der Waals surface area contributed by atoms with Crippen molar-refractivity contribution < 1.29 is 18.1 Å². The Hall–Kier alpha value is -2.01. The van der Waals surface area contributed by atoms with Crippen molar-refractivity contribution in [3.8, 4) is 0 Å². The van der Waals surface area contributed by atoms with Gasteiger partial charge in [-0.3, -0.25) is 14.9 Å². The first-order valence-corrected chi connectivity index (χ1v) is 10.8. The predicted octanol–water partition coefficient (Wildman–Crippen LogP) is 3.35. The normalized spacial score (nSPS) is 16.2. The van der Waals surface area contributed by atoms with Crippen LogP contribution in [0.25, 0.3) is 0 Å². The number of hydrogen-bond acceptors (Lipinski definition) is 6. The maximum absolute atomic E-state index is 12.5. The summed E-state index contributed by atoms with van der Waals surface area (Å²) in [5.74, 6) is -0.722. The molecular weight excluding hydrogens is 414 g/mol. The molecule has 2 aromatic rings. The minimum atomic E-state index is -3.52. The molecule has 144 valence electrons. The van der Waals surface area contributed by atoms with Gasteiger partial charge in [-0.25, -0.2) is 8.42 Å². The van der Waals surface area contributed by atoms with Crippen LogP contribution >= 0.6 is 22.9 Å². The van der Waals surface area contributed by atoms with E-state index >= 15 is 0 Å². The Morgan fingerprint density at radius 1 is 1.30 bits per heavy atom. The third kappa shape index (κ3) is 4.29. The Labute approximate surface area is 165 Å². The molecule has 0 unspecified atom stereocenters. The summed E-state index contributed by atoms with van der Waals surface area (Å²) in [4.78, 5) is 22.8. The molecule has 0 aliphatic carbocycles. The summed E-state index contributed by atoms with van der Waals surface area (Å²) in [5.41, 5.74) is -0.00364. The van der Waals surface area contributed by atoms with Crippen LogP contribution < -0.4 is 5.32 Å². The van der Waals surface area contributed by atoms with Crippen LogP contribution in [0.5, 0.6) is 0 Å². The number of halogens is 1. The van der Waals surface area contributed by atoms with Crippen LogP contribution in [0.3, 0.4) is 0 Å². The van der Waals surface area contributed by atoms with Crippen molar-refractivity contribution in [1.29, 1.82) is 0 Å². The molecule has 0 saturated carbocycles. The monoisotopic (exact) mass is 429 g/mol. The van der Waals surface area contributed by atoms with Crippen molar-refractivity contribution >= 4 is 50.2 Å². The average Bonchev–Trinajstić information content (AvgIpc) is 3.19. The van der Waals surface area contributed by atoms with Gasteiger partial charge in [-0.15, -0.1) is 11.3 Å². The molecule has 1 aliphatic heterocycles. The summed E-state index contributed by atoms with van der Waals surface area (Å²) in [6, 6.07) is 7.05. The summed E-state index contributed by atoms with van der Waals surface area (Å²) in [5, 5.41) is 15.4. The Morgan fingerprint density at radius 2 is 2.00 bits per heavy atom. The number of rotatable bonds is 5. The lowest BCUT2D eigenvalue weighted by atomic mass is 9.97. The zero-order chi connectivity index (χ0) is 19.6. The molecule has 0 radical (unpaired) electrons. The maximum atomic E-state index is 12.5. The molecule has 3 rings (SSSR count). The van der Waals surface area contributed by atoms with Crippen LogP contribution in [-0.4, -0.2) is 36.6 Å². The molecular formula is C16H16ClN3O5S2. The van der Waals surface area contributed by atoms with Crippen molar-refractivity contribution in [1.82, 2.24) is 4.31 Å². The zero-order valence-electron chi connectivity index (χ0n) is 14.0. The van der Waals surface area contributed by atoms with Gasteiger partial charge in [0.05, 0.1) is 15.6 Å². The van der Waals surface area contributed by atoms with Crippen LogP contribution in [0.15, 0.2) is 39.9 Å². The molecule has 0 spiro atoms. The fraction of sp³-hybridized carbons (Fsp3) is 0.312. The largest absolute Gasteiger partial charge is 0.324 e. The molecule has 1 aromatic heterocycles. The smallest absolute Gasteiger partial charge is 0.271 e. The number of amides is 1. The Morgan fingerprint density at radius 3 is 2.59 bits per heavy atom. The molecule has 1 N–H and O–H groups in total. The number of sulfonamides is 1. The second-order valence-corrected chi connectivity index (χ2v) is 9.54. The second kappa shape index (κ2) is 7.93. The van der Waals surface area contributed by atoms with E-state index in [2.05, 4.69) is 5.32 Å². The molecule has 2 heterocycles. The zero-order valence-corrected chi connectivity index (χ0v) is 16.4. The van der Waals surface area contributed by atoms with Crippen LogP contribution in [0.4, 0.5) is 11.4 Å². The van der Waals surface area contributed by atoms with Crippen LogP contribution in [-0.2, 0) is 14.8 Å². The van der Waals surface area contributed by atoms with E-state index in [1.807, 2.05) is 0 Å². The van der Waals surface area contributed by atoms with Crippen LogP contribution in [0.2, 0.25) is 5.02 Å². The van der Waals surface area contributed by atoms with Gasteiger partial charge >= 0.3 is 0 Å². The molecule has 1 fully saturated rings. The number of nitrogens with zero attached hydrogens (tertiary/aromatic N) is 2. The van der Waals surface area contributed by atoms with Gasteiger partial charge < -0.3 is 5.32 Å². The molecule has 1 aromatic carbocycles. The number of anilines is 1. The minimum Gasteiger partial charge on any atom is -0.324 e. The molecule has 0 bridgehead atoms. The van der Waals surface area contributed by atoms with Crippen molar-refractivity contribution in [3.63, 3.8) is 0 Å². The van der Waals surface area contributed by atoms with Gasteiger partial charge in [0.15, 0.2) is 0 Å². The van der Waals surface area contributed by atoms with Gasteiger partial charge in [0.2, 0.25) is 5.91 Å². The first kappa shape index (κ1) is 19.7. The minimum absolute atomic E-state index is 0.171. The van der Waals surface area contributed by atoms with Crippen LogP contribution in [0.1, 0.15) is 12.8 Å². The molecule has 27 heavy (non-hydrogen) atoms. The average molecular weight is 430 g/mol. The molecule has 1 saturated heterocycles. The lowest BCUT2D eigenvalue weighted by molar-refractivity contribution is -0.384. The number of thiophene rings is 1. The van der Waals surface area contributed by atoms with E-state index in [1.54, 1.807) is 17.5 Å². The number of carbonyl (C=O) groups excluding carboxylic acids is 1. The number of piperidine rings is 1. The lowest BCUT2D eigenvalue weighted by Gasteiger charge is -2.30. The number of hydrogen-bond donors (Lipinski definition) is 1. The third-order valence-electron chi connectivity index (χ3n) is 4.33. The fourth-order valence-electron chi connectivity index (χ4n) is 2.85. The third-order valence-corrected chi connectivity index (χ3v) is 7.93. The van der Waals surface area contributed by atoms with E-state index in [0.717, 1.165) is 11.3 Å². The number of nitrogens with one attached hydrogen (secondary N) is 1. The first-order chi connectivity index (χ1) is 12.8. The predicted molar refractivity (Wildman–Crippen MR) is 103 cm³/mol. The number of carbonyl (C=O) groups is 1. The standard InChI is InChI=1S/C16H16ClN3O5S2/c17-13-4-3-12(20(22)23)10-14(13)18-16(21)11-5-7-19(8-6-11)27(24,25)15-2-1-9-26-15/h1-4,9-11H,5-8H2,(H,18,21). The fourth-order valence-corrected chi connectivity index (χ4v) is 5.63. The highest BCUT2D eigenvalue weighted by Gasteiger charge is 2.32. The van der Waals surface area contributed by atoms with Gasteiger partial charge in [-0.05, 0) is 30.4 Å². The summed E-state index contributed by atoms with van der Waals surface area (Å²) in [6.45, 7) is 0.474. The number of non-ortho nitro benzene ring substituents is 1. The highest BCUT2D eigenvalue weighted by Crippen LogP contribution is 2.30. The first-order valence-electron chi connectivity index (χ1n) is 8.07. The van der Waals surface area contributed by atoms with E-state index in [-0.39, 0.29) is 39.6 Å². The highest BCUT2D eigenvalue weighted by molar-refractivity contribution is 7.91. The van der Waals surface area contributed by atoms with Gasteiger partial charge in [0.1, 0.15) is 4.21 Å². The van der Waals surface area contributed by atoms with E-state index in [4.69, 9.17) is 11.6 Å². The van der Waals surface area contributed by atoms with Gasteiger partial charge in [-0.1, -0.05) is 17.7 Å². The van der Waals surface area contributed by atoms with Gasteiger partial charge in [0.25, 0.3) is 15.7 Å². The van der Waals surface area contributed by atoms with Crippen molar-refractivity contribution in [2.45, 2.75) is 17.1 Å². The lowest BCUT2D eigenvalue weighted by Crippen LogP contribution is -2.41. The maximum Gasteiger partial charge on any atom is 0.271 e. The molecule has 1 aliphatic rings. The SMILES string of the molecule is O=C(Nc1cc([N+](=O)[O-])ccc1Cl)C1CCN(S(=O)(=O)c2cccs2)CC1.